The van der Waals surface area contributed by atoms with Gasteiger partial charge >= 0.3 is 0 Å². The molecule has 0 aliphatic carbocycles. The first-order chi connectivity index (χ1) is 13.5. The number of thiazole rings is 1. The molecule has 1 aromatic carbocycles. The molecule has 0 bridgehead atoms. The van der Waals surface area contributed by atoms with Gasteiger partial charge in [-0.1, -0.05) is 12.1 Å². The third-order valence-electron chi connectivity index (χ3n) is 4.56. The monoisotopic (exact) mass is 410 g/mol. The molecule has 0 unspecified atom stereocenters. The SMILES string of the molecule is Cc1sc2ncn(CCC(=O)Nc3cccc(-c4nccs4)c3)c(=O)c2c1C. The molecule has 3 heterocycles. The number of aryl methyl sites for hydroxylation is 3. The summed E-state index contributed by atoms with van der Waals surface area (Å²) in [7, 11) is 0. The van der Waals surface area contributed by atoms with Crippen LogP contribution in [-0.4, -0.2) is 20.4 Å². The first-order valence-corrected chi connectivity index (χ1v) is 10.5. The number of aromatic nitrogens is 3. The number of carbonyl (C=O) groups excluding carboxylic acids is 1. The zero-order valence-electron chi connectivity index (χ0n) is 15.4. The average Bonchev–Trinajstić information content (AvgIpc) is 3.31. The number of amides is 1. The Balaban J connectivity index is 1.46. The van der Waals surface area contributed by atoms with Crippen molar-refractivity contribution in [2.24, 2.45) is 0 Å². The van der Waals surface area contributed by atoms with Crippen LogP contribution in [0.3, 0.4) is 0 Å². The number of hydrogen-bond acceptors (Lipinski definition) is 6. The van der Waals surface area contributed by atoms with Gasteiger partial charge in [-0.05, 0) is 31.5 Å². The minimum atomic E-state index is -0.151. The zero-order chi connectivity index (χ0) is 19.7. The Morgan fingerprint density at radius 2 is 2.11 bits per heavy atom. The van der Waals surface area contributed by atoms with Crippen molar-refractivity contribution in [3.63, 3.8) is 0 Å². The van der Waals surface area contributed by atoms with E-state index in [0.717, 1.165) is 25.8 Å². The largest absolute Gasteiger partial charge is 0.326 e. The summed E-state index contributed by atoms with van der Waals surface area (Å²) in [6.07, 6.45) is 3.47. The van der Waals surface area contributed by atoms with E-state index in [1.807, 2.05) is 43.5 Å². The average molecular weight is 411 g/mol. The molecule has 0 saturated carbocycles. The van der Waals surface area contributed by atoms with Crippen molar-refractivity contribution < 1.29 is 4.79 Å². The van der Waals surface area contributed by atoms with Crippen LogP contribution in [0.5, 0.6) is 0 Å². The molecule has 8 heteroatoms. The second kappa shape index (κ2) is 7.65. The van der Waals surface area contributed by atoms with Crippen LogP contribution < -0.4 is 10.9 Å². The molecular formula is C20H18N4O2S2. The van der Waals surface area contributed by atoms with Crippen LogP contribution in [0.2, 0.25) is 0 Å². The molecule has 6 nitrogen and oxygen atoms in total. The van der Waals surface area contributed by atoms with Gasteiger partial charge in [0.05, 0.1) is 11.7 Å². The van der Waals surface area contributed by atoms with Gasteiger partial charge in [0.15, 0.2) is 0 Å². The van der Waals surface area contributed by atoms with Crippen LogP contribution >= 0.6 is 22.7 Å². The van der Waals surface area contributed by atoms with E-state index in [9.17, 15) is 9.59 Å². The maximum Gasteiger partial charge on any atom is 0.262 e. The van der Waals surface area contributed by atoms with Crippen molar-refractivity contribution in [3.05, 3.63) is 63.0 Å². The van der Waals surface area contributed by atoms with Crippen molar-refractivity contribution in [3.8, 4) is 10.6 Å². The zero-order valence-corrected chi connectivity index (χ0v) is 17.1. The third-order valence-corrected chi connectivity index (χ3v) is 6.50. The Bertz CT molecular complexity index is 1210. The Hall–Kier alpha value is -2.84. The summed E-state index contributed by atoms with van der Waals surface area (Å²) in [5.41, 5.74) is 2.55. The number of thiophene rings is 1. The predicted molar refractivity (Wildman–Crippen MR) is 114 cm³/mol. The van der Waals surface area contributed by atoms with E-state index in [4.69, 9.17) is 0 Å². The number of benzene rings is 1. The number of rotatable bonds is 5. The summed E-state index contributed by atoms with van der Waals surface area (Å²) >= 11 is 3.07. The first kappa shape index (κ1) is 18.5. The minimum absolute atomic E-state index is 0.0922. The second-order valence-electron chi connectivity index (χ2n) is 6.42. The molecule has 28 heavy (non-hydrogen) atoms. The molecule has 0 aliphatic rings. The van der Waals surface area contributed by atoms with Crippen molar-refractivity contribution >= 4 is 44.5 Å². The maximum absolute atomic E-state index is 12.7. The molecule has 142 valence electrons. The van der Waals surface area contributed by atoms with Gasteiger partial charge in [0.1, 0.15) is 9.84 Å². The summed E-state index contributed by atoms with van der Waals surface area (Å²) in [5, 5.41) is 6.37. The summed E-state index contributed by atoms with van der Waals surface area (Å²) in [4.78, 5) is 35.6. The highest BCUT2D eigenvalue weighted by atomic mass is 32.1. The molecule has 3 aromatic heterocycles. The van der Waals surface area contributed by atoms with E-state index in [2.05, 4.69) is 15.3 Å². The number of anilines is 1. The lowest BCUT2D eigenvalue weighted by Crippen LogP contribution is -2.23. The summed E-state index contributed by atoms with van der Waals surface area (Å²) in [6.45, 7) is 4.20. The molecule has 1 amide bonds. The number of nitrogens with one attached hydrogen (secondary N) is 1. The molecule has 0 atom stereocenters. The highest BCUT2D eigenvalue weighted by Gasteiger charge is 2.13. The number of hydrogen-bond donors (Lipinski definition) is 1. The van der Waals surface area contributed by atoms with Crippen LogP contribution in [0.1, 0.15) is 16.9 Å². The normalized spacial score (nSPS) is 11.1. The van der Waals surface area contributed by atoms with Gasteiger partial charge < -0.3 is 5.32 Å². The standard InChI is InChI=1S/C20H18N4O2S2/c1-12-13(2)28-19-17(12)20(26)24(11-22-19)8-6-16(25)23-15-5-3-4-14(10-15)18-21-7-9-27-18/h3-5,7,9-11H,6,8H2,1-2H3,(H,23,25). The lowest BCUT2D eigenvalue weighted by Gasteiger charge is -2.08. The fourth-order valence-corrected chi connectivity index (χ4v) is 4.59. The molecule has 0 aliphatic heterocycles. The third kappa shape index (κ3) is 3.61. The smallest absolute Gasteiger partial charge is 0.262 e. The summed E-state index contributed by atoms with van der Waals surface area (Å²) < 4.78 is 1.51. The van der Waals surface area contributed by atoms with Gasteiger partial charge in [0, 0.05) is 40.7 Å². The second-order valence-corrected chi connectivity index (χ2v) is 8.52. The molecule has 0 saturated heterocycles. The Morgan fingerprint density at radius 3 is 2.89 bits per heavy atom. The van der Waals surface area contributed by atoms with E-state index in [1.165, 1.54) is 22.2 Å². The van der Waals surface area contributed by atoms with E-state index >= 15 is 0 Å². The van der Waals surface area contributed by atoms with Gasteiger partial charge in [-0.2, -0.15) is 0 Å². The fourth-order valence-electron chi connectivity index (χ4n) is 2.97. The van der Waals surface area contributed by atoms with Crippen LogP contribution in [0.4, 0.5) is 5.69 Å². The van der Waals surface area contributed by atoms with Gasteiger partial charge in [-0.15, -0.1) is 22.7 Å². The van der Waals surface area contributed by atoms with Crippen LogP contribution in [0, 0.1) is 13.8 Å². The molecule has 1 N–H and O–H groups in total. The highest BCUT2D eigenvalue weighted by molar-refractivity contribution is 7.18. The van der Waals surface area contributed by atoms with E-state index < -0.39 is 0 Å². The van der Waals surface area contributed by atoms with Gasteiger partial charge in [0.2, 0.25) is 5.91 Å². The number of carbonyl (C=O) groups is 1. The van der Waals surface area contributed by atoms with E-state index in [-0.39, 0.29) is 24.4 Å². The quantitative estimate of drug-likeness (QED) is 0.534. The lowest BCUT2D eigenvalue weighted by atomic mass is 10.2. The topological polar surface area (TPSA) is 76.9 Å². The van der Waals surface area contributed by atoms with Gasteiger partial charge in [-0.3, -0.25) is 14.2 Å². The van der Waals surface area contributed by atoms with Crippen molar-refractivity contribution in [1.29, 1.82) is 0 Å². The predicted octanol–water partition coefficient (Wildman–Crippen LogP) is 4.23. The molecular weight excluding hydrogens is 392 g/mol. The first-order valence-electron chi connectivity index (χ1n) is 8.78. The Kier molecular flexibility index (Phi) is 5.06. The Morgan fingerprint density at radius 1 is 1.25 bits per heavy atom. The van der Waals surface area contributed by atoms with Crippen LogP contribution in [0.25, 0.3) is 20.8 Å². The maximum atomic E-state index is 12.7. The van der Waals surface area contributed by atoms with Crippen LogP contribution in [0.15, 0.2) is 47.0 Å². The molecule has 0 spiro atoms. The molecule has 4 rings (SSSR count). The lowest BCUT2D eigenvalue weighted by molar-refractivity contribution is -0.116. The number of fused-ring (bicyclic) bond motifs is 1. The summed E-state index contributed by atoms with van der Waals surface area (Å²) in [5.74, 6) is -0.151. The summed E-state index contributed by atoms with van der Waals surface area (Å²) in [6, 6.07) is 7.58. The van der Waals surface area contributed by atoms with Gasteiger partial charge in [0.25, 0.3) is 5.56 Å². The van der Waals surface area contributed by atoms with Crippen molar-refractivity contribution in [2.75, 3.05) is 5.32 Å². The molecule has 0 fully saturated rings. The highest BCUT2D eigenvalue weighted by Crippen LogP contribution is 2.26. The van der Waals surface area contributed by atoms with E-state index in [1.54, 1.807) is 17.5 Å². The fraction of sp³-hybridized carbons (Fsp3) is 0.200. The molecule has 0 radical (unpaired) electrons. The Labute approximate surface area is 169 Å². The molecule has 4 aromatic rings. The van der Waals surface area contributed by atoms with E-state index in [0.29, 0.717) is 11.1 Å². The van der Waals surface area contributed by atoms with Crippen molar-refractivity contribution in [1.82, 2.24) is 14.5 Å². The minimum Gasteiger partial charge on any atom is -0.326 e. The number of nitrogens with zero attached hydrogens (tertiary/aromatic N) is 3. The van der Waals surface area contributed by atoms with Crippen molar-refractivity contribution in [2.45, 2.75) is 26.8 Å². The van der Waals surface area contributed by atoms with Crippen LogP contribution in [-0.2, 0) is 11.3 Å². The van der Waals surface area contributed by atoms with Gasteiger partial charge in [-0.25, -0.2) is 9.97 Å².